The molecule has 0 radical (unpaired) electrons. The quantitative estimate of drug-likeness (QED) is 0.760. The Bertz CT molecular complexity index is 493. The summed E-state index contributed by atoms with van der Waals surface area (Å²) in [6.07, 6.45) is 0. The average Bonchev–Trinajstić information content (AvgIpc) is 2.51. The molecular weight excluding hydrogens is 338 g/mol. The van der Waals surface area contributed by atoms with Gasteiger partial charge in [0.2, 0.25) is 5.75 Å². The fourth-order valence-corrected chi connectivity index (χ4v) is 2.40. The molecule has 2 atom stereocenters. The Kier molecular flexibility index (Phi) is 6.81. The maximum absolute atomic E-state index is 12.4. The molecule has 0 aliphatic heterocycles. The monoisotopic (exact) mass is 359 g/mol. The third-order valence-corrected chi connectivity index (χ3v) is 4.43. The molecule has 5 nitrogen and oxygen atoms in total. The van der Waals surface area contributed by atoms with Crippen LogP contribution in [0.15, 0.2) is 12.1 Å². The van der Waals surface area contributed by atoms with Crippen LogP contribution in [-0.4, -0.2) is 38.6 Å². The van der Waals surface area contributed by atoms with Crippen molar-refractivity contribution in [1.82, 2.24) is 5.32 Å². The molecule has 2 unspecified atom stereocenters. The van der Waals surface area contributed by atoms with Gasteiger partial charge in [-0.2, -0.15) is 0 Å². The molecule has 0 aromatic heterocycles. The molecule has 0 fully saturated rings. The van der Waals surface area contributed by atoms with Gasteiger partial charge in [-0.3, -0.25) is 4.79 Å². The third-order valence-electron chi connectivity index (χ3n) is 3.40. The molecule has 0 saturated heterocycles. The van der Waals surface area contributed by atoms with Gasteiger partial charge in [0.05, 0.1) is 26.9 Å². The maximum atomic E-state index is 12.4. The summed E-state index contributed by atoms with van der Waals surface area (Å²) >= 11 is 3.42. The van der Waals surface area contributed by atoms with Gasteiger partial charge in [-0.1, -0.05) is 22.9 Å². The first-order valence-corrected chi connectivity index (χ1v) is 7.78. The topological polar surface area (TPSA) is 56.8 Å². The molecule has 1 N–H and O–H groups in total. The number of carbonyl (C=O) groups is 1. The number of alkyl halides is 1. The van der Waals surface area contributed by atoms with E-state index in [1.165, 1.54) is 21.3 Å². The van der Waals surface area contributed by atoms with Crippen LogP contribution in [0.3, 0.4) is 0 Å². The van der Waals surface area contributed by atoms with E-state index >= 15 is 0 Å². The molecule has 0 aliphatic carbocycles. The Hall–Kier alpha value is -1.43. The highest BCUT2D eigenvalue weighted by Crippen LogP contribution is 2.39. The maximum Gasteiger partial charge on any atom is 0.255 e. The molecule has 6 heteroatoms. The smallest absolute Gasteiger partial charge is 0.255 e. The molecule has 0 spiro atoms. The largest absolute Gasteiger partial charge is 0.493 e. The SMILES string of the molecule is COc1ccc(C(=O)NC(C)C(C)CBr)c(OC)c1OC. The summed E-state index contributed by atoms with van der Waals surface area (Å²) in [6.45, 7) is 4.03. The van der Waals surface area contributed by atoms with Gasteiger partial charge < -0.3 is 19.5 Å². The van der Waals surface area contributed by atoms with Crippen molar-refractivity contribution in [2.45, 2.75) is 19.9 Å². The molecule has 0 bridgehead atoms. The Balaban J connectivity index is 3.10. The summed E-state index contributed by atoms with van der Waals surface area (Å²) in [5.74, 6) is 1.42. The minimum absolute atomic E-state index is 0.0367. The van der Waals surface area contributed by atoms with E-state index in [2.05, 4.69) is 28.2 Å². The first kappa shape index (κ1) is 17.6. The van der Waals surface area contributed by atoms with Gasteiger partial charge in [0.1, 0.15) is 0 Å². The van der Waals surface area contributed by atoms with Crippen molar-refractivity contribution in [3.63, 3.8) is 0 Å². The normalized spacial score (nSPS) is 13.2. The lowest BCUT2D eigenvalue weighted by Crippen LogP contribution is -2.37. The van der Waals surface area contributed by atoms with Crippen LogP contribution in [0.2, 0.25) is 0 Å². The van der Waals surface area contributed by atoms with Crippen LogP contribution in [0.4, 0.5) is 0 Å². The van der Waals surface area contributed by atoms with E-state index in [0.29, 0.717) is 28.7 Å². The summed E-state index contributed by atoms with van der Waals surface area (Å²) < 4.78 is 15.8. The van der Waals surface area contributed by atoms with Crippen molar-refractivity contribution in [3.05, 3.63) is 17.7 Å². The second-order valence-corrected chi connectivity index (χ2v) is 5.42. The zero-order valence-electron chi connectivity index (χ0n) is 13.0. The lowest BCUT2D eigenvalue weighted by molar-refractivity contribution is 0.0927. The standard InChI is InChI=1S/C15H22BrNO4/c1-9(8-16)10(2)17-15(18)11-6-7-12(19-3)14(21-5)13(11)20-4/h6-7,9-10H,8H2,1-5H3,(H,17,18). The summed E-state index contributed by atoms with van der Waals surface area (Å²) in [5.41, 5.74) is 0.420. The van der Waals surface area contributed by atoms with E-state index in [1.54, 1.807) is 12.1 Å². The minimum atomic E-state index is -0.201. The molecular formula is C15H22BrNO4. The summed E-state index contributed by atoms with van der Waals surface area (Å²) in [7, 11) is 4.55. The summed E-state index contributed by atoms with van der Waals surface area (Å²) in [4.78, 5) is 12.4. The van der Waals surface area contributed by atoms with Crippen molar-refractivity contribution in [1.29, 1.82) is 0 Å². The van der Waals surface area contributed by atoms with E-state index < -0.39 is 0 Å². The van der Waals surface area contributed by atoms with Crippen LogP contribution in [0.25, 0.3) is 0 Å². The first-order chi connectivity index (χ1) is 9.99. The van der Waals surface area contributed by atoms with Crippen molar-refractivity contribution >= 4 is 21.8 Å². The van der Waals surface area contributed by atoms with Crippen molar-refractivity contribution < 1.29 is 19.0 Å². The number of benzene rings is 1. The number of carbonyl (C=O) groups excluding carboxylic acids is 1. The molecule has 118 valence electrons. The Labute approximate surface area is 134 Å². The second-order valence-electron chi connectivity index (χ2n) is 4.78. The van der Waals surface area contributed by atoms with Crippen molar-refractivity contribution in [2.24, 2.45) is 5.92 Å². The zero-order chi connectivity index (χ0) is 16.0. The van der Waals surface area contributed by atoms with Crippen LogP contribution in [0, 0.1) is 5.92 Å². The molecule has 1 aromatic rings. The lowest BCUT2D eigenvalue weighted by Gasteiger charge is -2.21. The van der Waals surface area contributed by atoms with Gasteiger partial charge in [-0.15, -0.1) is 0 Å². The number of rotatable bonds is 7. The molecule has 0 saturated carbocycles. The average molecular weight is 360 g/mol. The lowest BCUT2D eigenvalue weighted by atomic mass is 10.1. The summed E-state index contributed by atoms with van der Waals surface area (Å²) in [6, 6.07) is 3.39. The van der Waals surface area contributed by atoms with E-state index in [9.17, 15) is 4.79 Å². The van der Waals surface area contributed by atoms with Crippen LogP contribution >= 0.6 is 15.9 Å². The first-order valence-electron chi connectivity index (χ1n) is 6.65. The Morgan fingerprint density at radius 2 is 1.76 bits per heavy atom. The number of methoxy groups -OCH3 is 3. The van der Waals surface area contributed by atoms with E-state index in [0.717, 1.165) is 5.33 Å². The van der Waals surface area contributed by atoms with Crippen molar-refractivity contribution in [3.8, 4) is 17.2 Å². The zero-order valence-corrected chi connectivity index (χ0v) is 14.6. The fraction of sp³-hybridized carbons (Fsp3) is 0.533. The van der Waals surface area contributed by atoms with Crippen LogP contribution < -0.4 is 19.5 Å². The number of hydrogen-bond acceptors (Lipinski definition) is 4. The number of amides is 1. The number of hydrogen-bond donors (Lipinski definition) is 1. The number of ether oxygens (including phenoxy) is 3. The van der Waals surface area contributed by atoms with E-state index in [4.69, 9.17) is 14.2 Å². The highest BCUT2D eigenvalue weighted by Gasteiger charge is 2.22. The van der Waals surface area contributed by atoms with Gasteiger partial charge in [0, 0.05) is 11.4 Å². The molecule has 1 rings (SSSR count). The van der Waals surface area contributed by atoms with Gasteiger partial charge >= 0.3 is 0 Å². The Morgan fingerprint density at radius 3 is 2.24 bits per heavy atom. The van der Waals surface area contributed by atoms with Gasteiger partial charge in [-0.05, 0) is 25.0 Å². The molecule has 0 aliphatic rings. The second kappa shape index (κ2) is 8.12. The fourth-order valence-electron chi connectivity index (χ4n) is 1.84. The van der Waals surface area contributed by atoms with E-state index in [-0.39, 0.29) is 11.9 Å². The predicted molar refractivity (Wildman–Crippen MR) is 86.0 cm³/mol. The van der Waals surface area contributed by atoms with Gasteiger partial charge in [-0.25, -0.2) is 0 Å². The van der Waals surface area contributed by atoms with Crippen LogP contribution in [-0.2, 0) is 0 Å². The molecule has 1 aromatic carbocycles. The van der Waals surface area contributed by atoms with Crippen LogP contribution in [0.5, 0.6) is 17.2 Å². The predicted octanol–water partition coefficient (Wildman–Crippen LogP) is 2.86. The van der Waals surface area contributed by atoms with Crippen molar-refractivity contribution in [2.75, 3.05) is 26.7 Å². The third kappa shape index (κ3) is 4.03. The Morgan fingerprint density at radius 1 is 1.14 bits per heavy atom. The molecule has 0 heterocycles. The van der Waals surface area contributed by atoms with Crippen LogP contribution in [0.1, 0.15) is 24.2 Å². The summed E-state index contributed by atoms with van der Waals surface area (Å²) in [5, 5.41) is 3.78. The number of nitrogens with one attached hydrogen (secondary N) is 1. The van der Waals surface area contributed by atoms with E-state index in [1.807, 2.05) is 6.92 Å². The van der Waals surface area contributed by atoms with Gasteiger partial charge in [0.15, 0.2) is 11.5 Å². The van der Waals surface area contributed by atoms with Gasteiger partial charge in [0.25, 0.3) is 5.91 Å². The molecule has 1 amide bonds. The highest BCUT2D eigenvalue weighted by molar-refractivity contribution is 9.09. The highest BCUT2D eigenvalue weighted by atomic mass is 79.9. The minimum Gasteiger partial charge on any atom is -0.493 e. The number of halogens is 1. The molecule has 21 heavy (non-hydrogen) atoms.